The fraction of sp³-hybridized carbons (Fsp3) is 0.375. The highest BCUT2D eigenvalue weighted by Crippen LogP contribution is 2.29. The van der Waals surface area contributed by atoms with Gasteiger partial charge in [0.1, 0.15) is 0 Å². The number of H-pyrrole nitrogens is 1. The van der Waals surface area contributed by atoms with Crippen LogP contribution >= 0.6 is 0 Å². The second kappa shape index (κ2) is 9.78. The van der Waals surface area contributed by atoms with Gasteiger partial charge in [-0.05, 0) is 36.1 Å². The first-order valence-corrected chi connectivity index (χ1v) is 10.4. The van der Waals surface area contributed by atoms with Gasteiger partial charge in [0.15, 0.2) is 11.5 Å². The summed E-state index contributed by atoms with van der Waals surface area (Å²) in [6, 6.07) is 16.4. The Kier molecular flexibility index (Phi) is 6.67. The van der Waals surface area contributed by atoms with Crippen LogP contribution in [0.25, 0.3) is 11.3 Å². The monoisotopic (exact) mass is 407 g/mol. The van der Waals surface area contributed by atoms with E-state index in [1.54, 1.807) is 14.2 Å². The number of ether oxygens (including phenoxy) is 3. The number of hydrogen-bond donors (Lipinski definition) is 1. The molecule has 1 aliphatic rings. The molecule has 2 aromatic carbocycles. The van der Waals surface area contributed by atoms with Crippen molar-refractivity contribution in [1.29, 1.82) is 0 Å². The van der Waals surface area contributed by atoms with Crippen molar-refractivity contribution in [1.82, 2.24) is 15.1 Å². The highest BCUT2D eigenvalue weighted by atomic mass is 16.5. The Labute approximate surface area is 177 Å². The third-order valence-electron chi connectivity index (χ3n) is 5.51. The van der Waals surface area contributed by atoms with Crippen LogP contribution in [-0.2, 0) is 17.8 Å². The molecule has 1 atom stereocenters. The summed E-state index contributed by atoms with van der Waals surface area (Å²) in [5, 5.41) is 7.49. The van der Waals surface area contributed by atoms with Gasteiger partial charge in [0, 0.05) is 31.8 Å². The van der Waals surface area contributed by atoms with Crippen molar-refractivity contribution in [2.75, 3.05) is 27.4 Å². The standard InChI is InChI=1S/C24H29N3O3/c1-28-22-11-10-18(13-23(22)29-2)15-27(17-21-9-6-12-30-21)16-20-14-25-26-24(20)19-7-4-3-5-8-19/h3-5,7-8,10-11,13-14,21H,6,9,12,15-17H2,1-2H3,(H,25,26). The topological polar surface area (TPSA) is 59.6 Å². The summed E-state index contributed by atoms with van der Waals surface area (Å²) >= 11 is 0. The lowest BCUT2D eigenvalue weighted by Gasteiger charge is -2.25. The molecule has 30 heavy (non-hydrogen) atoms. The van der Waals surface area contributed by atoms with E-state index in [4.69, 9.17) is 14.2 Å². The van der Waals surface area contributed by atoms with Crippen LogP contribution in [0.1, 0.15) is 24.0 Å². The molecule has 1 aromatic heterocycles. The van der Waals surface area contributed by atoms with Crippen molar-refractivity contribution in [3.8, 4) is 22.8 Å². The molecule has 0 radical (unpaired) electrons. The largest absolute Gasteiger partial charge is 0.493 e. The number of benzene rings is 2. The molecule has 1 unspecified atom stereocenters. The molecule has 0 amide bonds. The van der Waals surface area contributed by atoms with Gasteiger partial charge >= 0.3 is 0 Å². The Hall–Kier alpha value is -2.83. The van der Waals surface area contributed by atoms with Gasteiger partial charge in [-0.3, -0.25) is 10.00 Å². The zero-order chi connectivity index (χ0) is 20.8. The van der Waals surface area contributed by atoms with E-state index in [9.17, 15) is 0 Å². The van der Waals surface area contributed by atoms with Crippen molar-refractivity contribution < 1.29 is 14.2 Å². The van der Waals surface area contributed by atoms with Gasteiger partial charge in [0.25, 0.3) is 0 Å². The predicted molar refractivity (Wildman–Crippen MR) is 117 cm³/mol. The summed E-state index contributed by atoms with van der Waals surface area (Å²) < 4.78 is 16.8. The number of nitrogens with zero attached hydrogens (tertiary/aromatic N) is 2. The van der Waals surface area contributed by atoms with Gasteiger partial charge < -0.3 is 14.2 Å². The quantitative estimate of drug-likeness (QED) is 0.574. The third kappa shape index (κ3) is 4.83. The number of nitrogens with one attached hydrogen (secondary N) is 1. The molecule has 0 aliphatic carbocycles. The van der Waals surface area contributed by atoms with Gasteiger partial charge in [-0.2, -0.15) is 5.10 Å². The SMILES string of the molecule is COc1ccc(CN(Cc2cn[nH]c2-c2ccccc2)CC2CCCO2)cc1OC. The summed E-state index contributed by atoms with van der Waals surface area (Å²) in [4.78, 5) is 2.43. The number of hydrogen-bond acceptors (Lipinski definition) is 5. The van der Waals surface area contributed by atoms with Crippen molar-refractivity contribution >= 4 is 0 Å². The van der Waals surface area contributed by atoms with Gasteiger partial charge in [-0.1, -0.05) is 36.4 Å². The molecule has 1 aliphatic heterocycles. The van der Waals surface area contributed by atoms with Crippen LogP contribution in [0.15, 0.2) is 54.7 Å². The molecule has 0 spiro atoms. The van der Waals surface area contributed by atoms with E-state index in [1.165, 1.54) is 11.1 Å². The molecule has 2 heterocycles. The first-order valence-electron chi connectivity index (χ1n) is 10.4. The predicted octanol–water partition coefficient (Wildman–Crippen LogP) is 4.28. The number of aromatic amines is 1. The second-order valence-corrected chi connectivity index (χ2v) is 7.63. The Balaban J connectivity index is 1.56. The molecular formula is C24H29N3O3. The molecule has 1 fully saturated rings. The molecule has 1 N–H and O–H groups in total. The van der Waals surface area contributed by atoms with Crippen LogP contribution in [0, 0.1) is 0 Å². The third-order valence-corrected chi connectivity index (χ3v) is 5.51. The summed E-state index contributed by atoms with van der Waals surface area (Å²) in [5.41, 5.74) is 4.57. The maximum atomic E-state index is 5.93. The molecule has 0 saturated carbocycles. The van der Waals surface area contributed by atoms with Crippen LogP contribution < -0.4 is 9.47 Å². The lowest BCUT2D eigenvalue weighted by atomic mass is 10.1. The van der Waals surface area contributed by atoms with E-state index < -0.39 is 0 Å². The van der Waals surface area contributed by atoms with Gasteiger partial charge in [-0.25, -0.2) is 0 Å². The van der Waals surface area contributed by atoms with Crippen LogP contribution in [0.2, 0.25) is 0 Å². The Morgan fingerprint density at radius 3 is 2.63 bits per heavy atom. The fourth-order valence-electron chi connectivity index (χ4n) is 4.03. The molecule has 6 nitrogen and oxygen atoms in total. The van der Waals surface area contributed by atoms with E-state index in [0.717, 1.165) is 61.8 Å². The van der Waals surface area contributed by atoms with Crippen LogP contribution in [0.4, 0.5) is 0 Å². The van der Waals surface area contributed by atoms with Crippen molar-refractivity contribution in [2.24, 2.45) is 0 Å². The first-order chi connectivity index (χ1) is 14.8. The van der Waals surface area contributed by atoms with Crippen molar-refractivity contribution in [3.05, 3.63) is 65.9 Å². The Bertz CT molecular complexity index is 936. The zero-order valence-electron chi connectivity index (χ0n) is 17.6. The second-order valence-electron chi connectivity index (χ2n) is 7.63. The molecule has 1 saturated heterocycles. The molecular weight excluding hydrogens is 378 g/mol. The van der Waals surface area contributed by atoms with Crippen LogP contribution in [0.5, 0.6) is 11.5 Å². The van der Waals surface area contributed by atoms with Crippen LogP contribution in [0.3, 0.4) is 0 Å². The lowest BCUT2D eigenvalue weighted by molar-refractivity contribution is 0.0679. The summed E-state index contributed by atoms with van der Waals surface area (Å²) in [6.07, 6.45) is 4.45. The minimum Gasteiger partial charge on any atom is -0.493 e. The maximum Gasteiger partial charge on any atom is 0.161 e. The minimum atomic E-state index is 0.275. The van der Waals surface area contributed by atoms with E-state index >= 15 is 0 Å². The molecule has 3 aromatic rings. The van der Waals surface area contributed by atoms with E-state index in [-0.39, 0.29) is 6.10 Å². The number of aromatic nitrogens is 2. The average molecular weight is 408 g/mol. The van der Waals surface area contributed by atoms with Crippen molar-refractivity contribution in [3.63, 3.8) is 0 Å². The highest BCUT2D eigenvalue weighted by molar-refractivity contribution is 5.62. The average Bonchev–Trinajstić information content (AvgIpc) is 3.46. The Morgan fingerprint density at radius 2 is 1.90 bits per heavy atom. The van der Waals surface area contributed by atoms with Gasteiger partial charge in [0.2, 0.25) is 0 Å². The zero-order valence-corrected chi connectivity index (χ0v) is 17.6. The minimum absolute atomic E-state index is 0.275. The summed E-state index contributed by atoms with van der Waals surface area (Å²) in [6.45, 7) is 3.32. The molecule has 0 bridgehead atoms. The fourth-order valence-corrected chi connectivity index (χ4v) is 4.03. The van der Waals surface area contributed by atoms with E-state index in [2.05, 4.69) is 39.4 Å². The summed E-state index contributed by atoms with van der Waals surface area (Å²) in [7, 11) is 3.33. The Morgan fingerprint density at radius 1 is 1.07 bits per heavy atom. The summed E-state index contributed by atoms with van der Waals surface area (Å²) in [5.74, 6) is 1.49. The van der Waals surface area contributed by atoms with Crippen molar-refractivity contribution in [2.45, 2.75) is 32.0 Å². The van der Waals surface area contributed by atoms with Gasteiger partial charge in [0.05, 0.1) is 32.2 Å². The molecule has 6 heteroatoms. The number of methoxy groups -OCH3 is 2. The maximum absolute atomic E-state index is 5.93. The first kappa shape index (κ1) is 20.4. The smallest absolute Gasteiger partial charge is 0.161 e. The highest BCUT2D eigenvalue weighted by Gasteiger charge is 2.21. The van der Waals surface area contributed by atoms with E-state index in [0.29, 0.717) is 0 Å². The molecule has 4 rings (SSSR count). The molecule has 158 valence electrons. The normalized spacial score (nSPS) is 16.2. The number of rotatable bonds is 9. The lowest BCUT2D eigenvalue weighted by Crippen LogP contribution is -2.31. The van der Waals surface area contributed by atoms with Crippen LogP contribution in [-0.4, -0.2) is 48.6 Å². The van der Waals surface area contributed by atoms with E-state index in [1.807, 2.05) is 30.5 Å². The van der Waals surface area contributed by atoms with Gasteiger partial charge in [-0.15, -0.1) is 0 Å².